The summed E-state index contributed by atoms with van der Waals surface area (Å²) in [6, 6.07) is 4.28. The molecule has 1 heterocycles. The molecule has 1 saturated carbocycles. The summed E-state index contributed by atoms with van der Waals surface area (Å²) in [4.78, 5) is 0. The van der Waals surface area contributed by atoms with Crippen LogP contribution < -0.4 is 19.5 Å². The summed E-state index contributed by atoms with van der Waals surface area (Å²) in [6.07, 6.45) is 2.57. The summed E-state index contributed by atoms with van der Waals surface area (Å²) in [5.74, 6) is 3.05. The smallest absolute Gasteiger partial charge is 0.231 e. The van der Waals surface area contributed by atoms with Crippen LogP contribution in [0.2, 0.25) is 0 Å². The predicted octanol–water partition coefficient (Wildman–Crippen LogP) is 2.68. The van der Waals surface area contributed by atoms with Crippen LogP contribution in [0, 0.1) is 5.92 Å². The zero-order chi connectivity index (χ0) is 14.7. The second-order valence-corrected chi connectivity index (χ2v) is 5.93. The molecular formula is C16H23NO4. The van der Waals surface area contributed by atoms with Gasteiger partial charge in [0.1, 0.15) is 5.75 Å². The van der Waals surface area contributed by atoms with Crippen LogP contribution in [-0.2, 0) is 11.3 Å². The number of hydrogen-bond donors (Lipinski definition) is 1. The van der Waals surface area contributed by atoms with Crippen LogP contribution in [0.4, 0.5) is 0 Å². The SMILES string of the molecule is CC(C)NCc1cc2c(cc1OCOCC1CC1)OCO2. The summed E-state index contributed by atoms with van der Waals surface area (Å²) >= 11 is 0. The van der Waals surface area contributed by atoms with Crippen molar-refractivity contribution in [3.05, 3.63) is 17.7 Å². The molecule has 1 N–H and O–H groups in total. The molecule has 3 rings (SSSR count). The van der Waals surface area contributed by atoms with Crippen molar-refractivity contribution in [3.63, 3.8) is 0 Å². The van der Waals surface area contributed by atoms with Gasteiger partial charge in [-0.05, 0) is 24.8 Å². The van der Waals surface area contributed by atoms with E-state index >= 15 is 0 Å². The Kier molecular flexibility index (Phi) is 4.51. The minimum Gasteiger partial charge on any atom is -0.467 e. The third-order valence-corrected chi connectivity index (χ3v) is 3.60. The van der Waals surface area contributed by atoms with E-state index in [4.69, 9.17) is 18.9 Å². The monoisotopic (exact) mass is 293 g/mol. The van der Waals surface area contributed by atoms with Gasteiger partial charge < -0.3 is 24.3 Å². The second kappa shape index (κ2) is 6.54. The number of ether oxygens (including phenoxy) is 4. The van der Waals surface area contributed by atoms with E-state index in [1.165, 1.54) is 12.8 Å². The fraction of sp³-hybridized carbons (Fsp3) is 0.625. The Morgan fingerprint density at radius 2 is 2.00 bits per heavy atom. The first-order valence-corrected chi connectivity index (χ1v) is 7.59. The molecule has 1 aromatic rings. The van der Waals surface area contributed by atoms with E-state index in [1.54, 1.807) is 0 Å². The van der Waals surface area contributed by atoms with Gasteiger partial charge in [-0.2, -0.15) is 0 Å². The molecule has 5 heteroatoms. The van der Waals surface area contributed by atoms with Crippen LogP contribution in [0.1, 0.15) is 32.3 Å². The largest absolute Gasteiger partial charge is 0.467 e. The number of hydrogen-bond acceptors (Lipinski definition) is 5. The Morgan fingerprint density at radius 3 is 2.71 bits per heavy atom. The van der Waals surface area contributed by atoms with Gasteiger partial charge in [-0.25, -0.2) is 0 Å². The molecule has 116 valence electrons. The summed E-state index contributed by atoms with van der Waals surface area (Å²) < 4.78 is 22.2. The Labute approximate surface area is 125 Å². The van der Waals surface area contributed by atoms with Gasteiger partial charge in [0.2, 0.25) is 6.79 Å². The number of benzene rings is 1. The number of fused-ring (bicyclic) bond motifs is 1. The first-order valence-electron chi connectivity index (χ1n) is 7.59. The van der Waals surface area contributed by atoms with Gasteiger partial charge in [0, 0.05) is 24.2 Å². The van der Waals surface area contributed by atoms with E-state index in [0.29, 0.717) is 6.04 Å². The van der Waals surface area contributed by atoms with Crippen molar-refractivity contribution in [1.29, 1.82) is 0 Å². The second-order valence-electron chi connectivity index (χ2n) is 5.93. The molecule has 1 fully saturated rings. The lowest BCUT2D eigenvalue weighted by Gasteiger charge is -2.14. The molecule has 1 aliphatic carbocycles. The van der Waals surface area contributed by atoms with Crippen LogP contribution in [0.15, 0.2) is 12.1 Å². The minimum absolute atomic E-state index is 0.272. The maximum absolute atomic E-state index is 5.78. The summed E-state index contributed by atoms with van der Waals surface area (Å²) in [5, 5.41) is 3.39. The van der Waals surface area contributed by atoms with Crippen molar-refractivity contribution >= 4 is 0 Å². The Morgan fingerprint density at radius 1 is 1.24 bits per heavy atom. The van der Waals surface area contributed by atoms with Crippen molar-refractivity contribution in [1.82, 2.24) is 5.32 Å². The third-order valence-electron chi connectivity index (χ3n) is 3.60. The van der Waals surface area contributed by atoms with E-state index in [2.05, 4.69) is 19.2 Å². The average molecular weight is 293 g/mol. The normalized spacial score (nSPS) is 16.5. The summed E-state index contributed by atoms with van der Waals surface area (Å²) in [7, 11) is 0. The van der Waals surface area contributed by atoms with E-state index < -0.39 is 0 Å². The molecule has 1 aliphatic heterocycles. The van der Waals surface area contributed by atoms with Crippen LogP contribution >= 0.6 is 0 Å². The molecule has 0 unspecified atom stereocenters. The van der Waals surface area contributed by atoms with E-state index in [1.807, 2.05) is 12.1 Å². The highest BCUT2D eigenvalue weighted by Crippen LogP contribution is 2.38. The zero-order valence-electron chi connectivity index (χ0n) is 12.7. The van der Waals surface area contributed by atoms with Gasteiger partial charge in [-0.1, -0.05) is 13.8 Å². The lowest BCUT2D eigenvalue weighted by molar-refractivity contribution is 0.00933. The molecule has 21 heavy (non-hydrogen) atoms. The Hall–Kier alpha value is -1.46. The first kappa shape index (κ1) is 14.5. The number of nitrogens with one attached hydrogen (secondary N) is 1. The minimum atomic E-state index is 0.272. The fourth-order valence-corrected chi connectivity index (χ4v) is 2.16. The third kappa shape index (κ3) is 4.02. The van der Waals surface area contributed by atoms with Gasteiger partial charge in [0.05, 0.1) is 6.61 Å². The molecular weight excluding hydrogens is 270 g/mol. The fourth-order valence-electron chi connectivity index (χ4n) is 2.16. The summed E-state index contributed by atoms with van der Waals surface area (Å²) in [6.45, 7) is 6.31. The Bertz CT molecular complexity index is 485. The topological polar surface area (TPSA) is 49.0 Å². The molecule has 0 radical (unpaired) electrons. The quantitative estimate of drug-likeness (QED) is 0.590. The van der Waals surface area contributed by atoms with Gasteiger partial charge in [0.25, 0.3) is 0 Å². The van der Waals surface area contributed by atoms with E-state index in [-0.39, 0.29) is 13.6 Å². The van der Waals surface area contributed by atoms with Crippen LogP contribution in [0.5, 0.6) is 17.2 Å². The number of rotatable bonds is 8. The molecule has 5 nitrogen and oxygen atoms in total. The standard InChI is InChI=1S/C16H23NO4/c1-11(2)17-7-13-5-15-16(21-10-20-15)6-14(13)19-9-18-8-12-3-4-12/h5-6,11-12,17H,3-4,7-10H2,1-2H3. The van der Waals surface area contributed by atoms with Crippen molar-refractivity contribution in [2.24, 2.45) is 5.92 Å². The Balaban J connectivity index is 1.63. The lowest BCUT2D eigenvalue weighted by Crippen LogP contribution is -2.22. The highest BCUT2D eigenvalue weighted by molar-refractivity contribution is 5.51. The van der Waals surface area contributed by atoms with Crippen molar-refractivity contribution in [2.75, 3.05) is 20.2 Å². The zero-order valence-corrected chi connectivity index (χ0v) is 12.7. The molecule has 0 saturated heterocycles. The molecule has 0 aromatic heterocycles. The average Bonchev–Trinajstić information content (AvgIpc) is 3.17. The van der Waals surface area contributed by atoms with Gasteiger partial charge in [-0.3, -0.25) is 0 Å². The molecule has 0 atom stereocenters. The highest BCUT2D eigenvalue weighted by Gasteiger charge is 2.21. The summed E-state index contributed by atoms with van der Waals surface area (Å²) in [5.41, 5.74) is 1.06. The molecule has 0 amide bonds. The molecule has 0 bridgehead atoms. The highest BCUT2D eigenvalue weighted by atomic mass is 16.7. The van der Waals surface area contributed by atoms with Crippen molar-refractivity contribution < 1.29 is 18.9 Å². The molecule has 2 aliphatic rings. The van der Waals surface area contributed by atoms with Gasteiger partial charge in [0.15, 0.2) is 18.3 Å². The van der Waals surface area contributed by atoms with E-state index in [0.717, 1.165) is 41.9 Å². The maximum atomic E-state index is 5.78. The first-order chi connectivity index (χ1) is 10.2. The van der Waals surface area contributed by atoms with Crippen LogP contribution in [0.3, 0.4) is 0 Å². The van der Waals surface area contributed by atoms with Crippen LogP contribution in [0.25, 0.3) is 0 Å². The van der Waals surface area contributed by atoms with Crippen molar-refractivity contribution in [3.8, 4) is 17.2 Å². The molecule has 1 aromatic carbocycles. The maximum Gasteiger partial charge on any atom is 0.231 e. The molecule has 0 spiro atoms. The van der Waals surface area contributed by atoms with Gasteiger partial charge >= 0.3 is 0 Å². The van der Waals surface area contributed by atoms with Crippen LogP contribution in [-0.4, -0.2) is 26.2 Å². The lowest BCUT2D eigenvalue weighted by atomic mass is 10.1. The predicted molar refractivity (Wildman–Crippen MR) is 78.7 cm³/mol. The van der Waals surface area contributed by atoms with Gasteiger partial charge in [-0.15, -0.1) is 0 Å². The van der Waals surface area contributed by atoms with E-state index in [9.17, 15) is 0 Å². The van der Waals surface area contributed by atoms with Crippen molar-refractivity contribution in [2.45, 2.75) is 39.3 Å².